The van der Waals surface area contributed by atoms with Crippen molar-refractivity contribution < 1.29 is 4.74 Å². The van der Waals surface area contributed by atoms with E-state index in [4.69, 9.17) is 27.8 Å². The van der Waals surface area contributed by atoms with Crippen LogP contribution in [0.5, 0.6) is 11.5 Å². The van der Waals surface area contributed by atoms with E-state index in [2.05, 4.69) is 10.2 Å². The molecule has 0 saturated heterocycles. The second-order valence-corrected chi connectivity index (χ2v) is 4.33. The van der Waals surface area contributed by atoms with Crippen molar-refractivity contribution in [1.29, 1.82) is 0 Å². The summed E-state index contributed by atoms with van der Waals surface area (Å²) in [5, 5.41) is 7.93. The number of ether oxygens (including phenoxy) is 1. The summed E-state index contributed by atoms with van der Waals surface area (Å²) in [5.74, 6) is 1.29. The van der Waals surface area contributed by atoms with Gasteiger partial charge in [0.1, 0.15) is 11.5 Å². The van der Waals surface area contributed by atoms with Gasteiger partial charge in [-0.25, -0.2) is 0 Å². The molecule has 2 aromatic rings. The number of guanidine groups is 1. The van der Waals surface area contributed by atoms with Crippen molar-refractivity contribution in [2.75, 3.05) is 0 Å². The lowest BCUT2D eigenvalue weighted by molar-refractivity contribution is 0.482. The van der Waals surface area contributed by atoms with Crippen LogP contribution in [0.4, 0.5) is 0 Å². The highest BCUT2D eigenvalue weighted by atomic mass is 35.5. The normalized spacial score (nSPS) is 10.4. The topological polar surface area (TPSA) is 86.0 Å². The first-order valence-electron chi connectivity index (χ1n) is 5.79. The third kappa shape index (κ3) is 4.29. The van der Waals surface area contributed by atoms with Crippen LogP contribution in [0.3, 0.4) is 0 Å². The predicted molar refractivity (Wildman–Crippen MR) is 81.4 cm³/mol. The number of nitrogens with two attached hydrogens (primary N) is 2. The summed E-state index contributed by atoms with van der Waals surface area (Å²) >= 11 is 5.82. The zero-order chi connectivity index (χ0) is 14.4. The molecule has 0 spiro atoms. The maximum absolute atomic E-state index is 5.82. The number of hydrogen-bond donors (Lipinski definition) is 2. The van der Waals surface area contributed by atoms with Gasteiger partial charge in [-0.05, 0) is 42.0 Å². The smallest absolute Gasteiger partial charge is 0.211 e. The van der Waals surface area contributed by atoms with E-state index in [0.717, 1.165) is 5.56 Å². The Labute approximate surface area is 121 Å². The van der Waals surface area contributed by atoms with Gasteiger partial charge < -0.3 is 16.2 Å². The van der Waals surface area contributed by atoms with E-state index in [-0.39, 0.29) is 5.96 Å². The SMILES string of the molecule is NC(N)=N/N=C/c1cccc(Oc2ccc(Cl)cc2)c1. The largest absolute Gasteiger partial charge is 0.457 e. The van der Waals surface area contributed by atoms with E-state index in [1.807, 2.05) is 24.3 Å². The predicted octanol–water partition coefficient (Wildman–Crippen LogP) is 2.74. The van der Waals surface area contributed by atoms with E-state index in [1.165, 1.54) is 6.21 Å². The molecule has 5 nitrogen and oxygen atoms in total. The fourth-order valence-electron chi connectivity index (χ4n) is 1.46. The monoisotopic (exact) mass is 288 g/mol. The standard InChI is InChI=1S/C14H13ClN4O/c15-11-4-6-12(7-5-11)20-13-3-1-2-10(8-13)9-18-19-14(16)17/h1-9H,(H4,16,17,19)/b18-9+. The van der Waals surface area contributed by atoms with Crippen molar-refractivity contribution in [1.82, 2.24) is 0 Å². The molecule has 0 aliphatic rings. The lowest BCUT2D eigenvalue weighted by atomic mass is 10.2. The molecular weight excluding hydrogens is 276 g/mol. The first-order valence-corrected chi connectivity index (χ1v) is 6.17. The number of halogens is 1. The molecule has 0 aliphatic carbocycles. The molecule has 6 heteroatoms. The summed E-state index contributed by atoms with van der Waals surface area (Å²) in [5.41, 5.74) is 11.2. The highest BCUT2D eigenvalue weighted by molar-refractivity contribution is 6.30. The summed E-state index contributed by atoms with van der Waals surface area (Å²) in [7, 11) is 0. The van der Waals surface area contributed by atoms with Gasteiger partial charge in [-0.3, -0.25) is 0 Å². The fourth-order valence-corrected chi connectivity index (χ4v) is 1.59. The van der Waals surface area contributed by atoms with E-state index in [9.17, 15) is 0 Å². The third-order valence-corrected chi connectivity index (χ3v) is 2.54. The molecule has 0 radical (unpaired) electrons. The van der Waals surface area contributed by atoms with E-state index >= 15 is 0 Å². The number of rotatable bonds is 4. The van der Waals surface area contributed by atoms with Crippen LogP contribution < -0.4 is 16.2 Å². The van der Waals surface area contributed by atoms with Crippen molar-refractivity contribution in [3.05, 3.63) is 59.1 Å². The van der Waals surface area contributed by atoms with E-state index in [1.54, 1.807) is 24.3 Å². The zero-order valence-corrected chi connectivity index (χ0v) is 11.3. The Hall–Kier alpha value is -2.53. The van der Waals surface area contributed by atoms with Crippen LogP contribution in [0, 0.1) is 0 Å². The molecule has 0 aromatic heterocycles. The molecule has 4 N–H and O–H groups in total. The molecule has 0 atom stereocenters. The average Bonchev–Trinajstić information content (AvgIpc) is 2.41. The molecule has 0 unspecified atom stereocenters. The Morgan fingerprint density at radius 2 is 1.80 bits per heavy atom. The van der Waals surface area contributed by atoms with Gasteiger partial charge in [0, 0.05) is 5.02 Å². The zero-order valence-electron chi connectivity index (χ0n) is 10.5. The fraction of sp³-hybridized carbons (Fsp3) is 0. The van der Waals surface area contributed by atoms with E-state index < -0.39 is 0 Å². The molecular formula is C14H13ClN4O. The first kappa shape index (κ1) is 13.9. The third-order valence-electron chi connectivity index (χ3n) is 2.29. The summed E-state index contributed by atoms with van der Waals surface area (Å²) < 4.78 is 5.70. The molecule has 102 valence electrons. The van der Waals surface area contributed by atoms with Crippen LogP contribution >= 0.6 is 11.6 Å². The second-order valence-electron chi connectivity index (χ2n) is 3.90. The molecule has 20 heavy (non-hydrogen) atoms. The summed E-state index contributed by atoms with van der Waals surface area (Å²) in [6.45, 7) is 0. The van der Waals surface area contributed by atoms with Crippen LogP contribution in [0.2, 0.25) is 5.02 Å². The Kier molecular flexibility index (Phi) is 4.57. The van der Waals surface area contributed by atoms with Crippen molar-refractivity contribution in [3.63, 3.8) is 0 Å². The maximum Gasteiger partial charge on any atom is 0.211 e. The minimum Gasteiger partial charge on any atom is -0.457 e. The molecule has 0 fully saturated rings. The maximum atomic E-state index is 5.82. The Balaban J connectivity index is 2.11. The minimum atomic E-state index is -0.0881. The lowest BCUT2D eigenvalue weighted by Crippen LogP contribution is -2.21. The molecule has 0 amide bonds. The molecule has 0 heterocycles. The van der Waals surface area contributed by atoms with Gasteiger partial charge in [0.05, 0.1) is 6.21 Å². The van der Waals surface area contributed by atoms with Gasteiger partial charge >= 0.3 is 0 Å². The Bertz CT molecular complexity index is 634. The first-order chi connectivity index (χ1) is 9.63. The van der Waals surface area contributed by atoms with E-state index in [0.29, 0.717) is 16.5 Å². The van der Waals surface area contributed by atoms with Gasteiger partial charge in [-0.15, -0.1) is 5.10 Å². The van der Waals surface area contributed by atoms with Crippen LogP contribution in [0.15, 0.2) is 58.7 Å². The highest BCUT2D eigenvalue weighted by Gasteiger charge is 1.98. The number of hydrogen-bond acceptors (Lipinski definition) is 3. The molecule has 0 saturated carbocycles. The molecule has 0 bridgehead atoms. The van der Waals surface area contributed by atoms with Gasteiger partial charge in [-0.2, -0.15) is 5.10 Å². The molecule has 2 aromatic carbocycles. The van der Waals surface area contributed by atoms with Crippen molar-refractivity contribution >= 4 is 23.8 Å². The van der Waals surface area contributed by atoms with Gasteiger partial charge in [-0.1, -0.05) is 23.7 Å². The van der Waals surface area contributed by atoms with Crippen LogP contribution in [0.25, 0.3) is 0 Å². The quantitative estimate of drug-likeness (QED) is 0.515. The summed E-state index contributed by atoms with van der Waals surface area (Å²) in [6, 6.07) is 14.5. The summed E-state index contributed by atoms with van der Waals surface area (Å²) in [6.07, 6.45) is 1.54. The highest BCUT2D eigenvalue weighted by Crippen LogP contribution is 2.23. The summed E-state index contributed by atoms with van der Waals surface area (Å²) in [4.78, 5) is 0. The van der Waals surface area contributed by atoms with Crippen molar-refractivity contribution in [2.45, 2.75) is 0 Å². The Morgan fingerprint density at radius 1 is 1.05 bits per heavy atom. The minimum absolute atomic E-state index is 0.0881. The van der Waals surface area contributed by atoms with Crippen molar-refractivity contribution in [2.24, 2.45) is 21.7 Å². The van der Waals surface area contributed by atoms with Gasteiger partial charge in [0.15, 0.2) is 0 Å². The molecule has 2 rings (SSSR count). The lowest BCUT2D eigenvalue weighted by Gasteiger charge is -2.06. The van der Waals surface area contributed by atoms with Crippen LogP contribution in [0.1, 0.15) is 5.56 Å². The van der Waals surface area contributed by atoms with Crippen LogP contribution in [-0.2, 0) is 0 Å². The van der Waals surface area contributed by atoms with Gasteiger partial charge in [0.25, 0.3) is 0 Å². The van der Waals surface area contributed by atoms with Crippen molar-refractivity contribution in [3.8, 4) is 11.5 Å². The number of nitrogens with zero attached hydrogens (tertiary/aromatic N) is 2. The molecule has 0 aliphatic heterocycles. The second kappa shape index (κ2) is 6.58. The Morgan fingerprint density at radius 3 is 2.50 bits per heavy atom. The number of benzene rings is 2. The van der Waals surface area contributed by atoms with Gasteiger partial charge in [0.2, 0.25) is 5.96 Å². The van der Waals surface area contributed by atoms with Crippen LogP contribution in [-0.4, -0.2) is 12.2 Å². The average molecular weight is 289 g/mol.